The first-order valence-corrected chi connectivity index (χ1v) is 11.2. The van der Waals surface area contributed by atoms with Crippen LogP contribution in [0.1, 0.15) is 33.1 Å². The number of fused-ring (bicyclic) bond motifs is 1. The van der Waals surface area contributed by atoms with Gasteiger partial charge in [-0.3, -0.25) is 4.98 Å². The molecule has 0 bridgehead atoms. The van der Waals surface area contributed by atoms with Crippen LogP contribution in [0.5, 0.6) is 5.75 Å². The Morgan fingerprint density at radius 1 is 1.26 bits per heavy atom. The Bertz CT molecular complexity index is 862. The number of benzene rings is 1. The molecule has 0 unspecified atom stereocenters. The smallest absolute Gasteiger partial charge is 0.241 e. The van der Waals surface area contributed by atoms with Crippen LogP contribution in [-0.4, -0.2) is 51.1 Å². The highest BCUT2D eigenvalue weighted by Gasteiger charge is 2.20. The van der Waals surface area contributed by atoms with Crippen LogP contribution in [-0.2, 0) is 10.0 Å². The van der Waals surface area contributed by atoms with Crippen LogP contribution in [0.25, 0.3) is 10.9 Å². The summed E-state index contributed by atoms with van der Waals surface area (Å²) in [4.78, 5) is 6.99. The van der Waals surface area contributed by atoms with Gasteiger partial charge in [0.25, 0.3) is 0 Å². The second-order valence-electron chi connectivity index (χ2n) is 7.17. The molecule has 148 valence electrons. The summed E-state index contributed by atoms with van der Waals surface area (Å²) in [5, 5.41) is 0.584. The Labute approximate surface area is 162 Å². The predicted octanol–water partition coefficient (Wildman–Crippen LogP) is 3.03. The number of sulfonamides is 1. The average molecular weight is 392 g/mol. The Balaban J connectivity index is 1.65. The molecule has 2 heterocycles. The standard InChI is InChI=1S/C20H29N3O3S/c1-3-26-18-7-8-19(17-6-4-11-21-20(17)18)27(24,25)22-12-5-13-23-14-9-16(2)10-15-23/h4,6-8,11,16,22H,3,5,9-10,12-15H2,1-2H3. The van der Waals surface area contributed by atoms with Gasteiger partial charge in [-0.1, -0.05) is 6.92 Å². The summed E-state index contributed by atoms with van der Waals surface area (Å²) in [5.74, 6) is 1.41. The Morgan fingerprint density at radius 3 is 2.78 bits per heavy atom. The molecule has 0 saturated carbocycles. The van der Waals surface area contributed by atoms with Gasteiger partial charge in [0.15, 0.2) is 0 Å². The fraction of sp³-hybridized carbons (Fsp3) is 0.550. The van der Waals surface area contributed by atoms with Gasteiger partial charge < -0.3 is 9.64 Å². The summed E-state index contributed by atoms with van der Waals surface area (Å²) in [6.45, 7) is 8.28. The quantitative estimate of drug-likeness (QED) is 0.701. The summed E-state index contributed by atoms with van der Waals surface area (Å²) < 4.78 is 34.0. The van der Waals surface area contributed by atoms with E-state index in [2.05, 4.69) is 21.5 Å². The van der Waals surface area contributed by atoms with Crippen LogP contribution in [0.4, 0.5) is 0 Å². The second-order valence-corrected chi connectivity index (χ2v) is 8.91. The van der Waals surface area contributed by atoms with Gasteiger partial charge in [0.05, 0.1) is 11.5 Å². The summed E-state index contributed by atoms with van der Waals surface area (Å²) >= 11 is 0. The van der Waals surface area contributed by atoms with E-state index in [1.165, 1.54) is 12.8 Å². The number of hydrogen-bond donors (Lipinski definition) is 1. The van der Waals surface area contributed by atoms with Crippen LogP contribution in [0.3, 0.4) is 0 Å². The largest absolute Gasteiger partial charge is 0.492 e. The molecule has 0 aliphatic carbocycles. The maximum Gasteiger partial charge on any atom is 0.241 e. The van der Waals surface area contributed by atoms with Crippen molar-refractivity contribution in [3.05, 3.63) is 30.5 Å². The van der Waals surface area contributed by atoms with Gasteiger partial charge in [0.1, 0.15) is 11.3 Å². The number of aromatic nitrogens is 1. The van der Waals surface area contributed by atoms with Crippen molar-refractivity contribution in [2.75, 3.05) is 32.8 Å². The zero-order valence-electron chi connectivity index (χ0n) is 16.1. The van der Waals surface area contributed by atoms with E-state index in [9.17, 15) is 8.42 Å². The van der Waals surface area contributed by atoms with E-state index >= 15 is 0 Å². The van der Waals surface area contributed by atoms with Crippen molar-refractivity contribution in [2.24, 2.45) is 5.92 Å². The molecule has 0 amide bonds. The minimum atomic E-state index is -3.59. The molecule has 6 nitrogen and oxygen atoms in total. The van der Waals surface area contributed by atoms with Crippen LogP contribution in [0, 0.1) is 5.92 Å². The van der Waals surface area contributed by atoms with Crippen molar-refractivity contribution >= 4 is 20.9 Å². The third-order valence-electron chi connectivity index (χ3n) is 5.10. The summed E-state index contributed by atoms with van der Waals surface area (Å²) in [6, 6.07) is 6.80. The first-order valence-electron chi connectivity index (χ1n) is 9.74. The minimum absolute atomic E-state index is 0.251. The maximum absolute atomic E-state index is 12.8. The molecule has 0 spiro atoms. The molecule has 1 aliphatic rings. The van der Waals surface area contributed by atoms with E-state index in [0.717, 1.165) is 32.0 Å². The van der Waals surface area contributed by atoms with E-state index < -0.39 is 10.0 Å². The van der Waals surface area contributed by atoms with Gasteiger partial charge >= 0.3 is 0 Å². The molecule has 3 rings (SSSR count). The number of rotatable bonds is 8. The van der Waals surface area contributed by atoms with Crippen LogP contribution < -0.4 is 9.46 Å². The van der Waals surface area contributed by atoms with Crippen molar-refractivity contribution in [1.29, 1.82) is 0 Å². The molecule has 1 aromatic carbocycles. The predicted molar refractivity (Wildman–Crippen MR) is 108 cm³/mol. The maximum atomic E-state index is 12.8. The lowest BCUT2D eigenvalue weighted by Crippen LogP contribution is -2.35. The third kappa shape index (κ3) is 4.97. The number of hydrogen-bond acceptors (Lipinski definition) is 5. The number of ether oxygens (including phenoxy) is 1. The number of likely N-dealkylation sites (tertiary alicyclic amines) is 1. The third-order valence-corrected chi connectivity index (χ3v) is 6.62. The summed E-state index contributed by atoms with van der Waals surface area (Å²) in [5.41, 5.74) is 0.574. The lowest BCUT2D eigenvalue weighted by atomic mass is 9.99. The zero-order valence-corrected chi connectivity index (χ0v) is 17.0. The highest BCUT2D eigenvalue weighted by atomic mass is 32.2. The van der Waals surface area contributed by atoms with E-state index in [0.29, 0.717) is 29.8 Å². The molecule has 1 aliphatic heterocycles. The van der Waals surface area contributed by atoms with Crippen molar-refractivity contribution in [2.45, 2.75) is 38.0 Å². The minimum Gasteiger partial charge on any atom is -0.492 e. The fourth-order valence-electron chi connectivity index (χ4n) is 3.50. The number of nitrogens with one attached hydrogen (secondary N) is 1. The van der Waals surface area contributed by atoms with Crippen molar-refractivity contribution in [3.63, 3.8) is 0 Å². The Hall–Kier alpha value is -1.70. The topological polar surface area (TPSA) is 71.5 Å². The number of nitrogens with zero attached hydrogens (tertiary/aromatic N) is 2. The number of pyridine rings is 1. The fourth-order valence-corrected chi connectivity index (χ4v) is 4.77. The molecule has 2 aromatic rings. The van der Waals surface area contributed by atoms with Crippen molar-refractivity contribution in [1.82, 2.24) is 14.6 Å². The monoisotopic (exact) mass is 391 g/mol. The molecule has 1 N–H and O–H groups in total. The Kier molecular flexibility index (Phi) is 6.68. The van der Waals surface area contributed by atoms with Gasteiger partial charge in [-0.2, -0.15) is 0 Å². The molecule has 1 fully saturated rings. The molecule has 0 radical (unpaired) electrons. The molecule has 1 aromatic heterocycles. The number of piperidine rings is 1. The first-order chi connectivity index (χ1) is 13.0. The van der Waals surface area contributed by atoms with Gasteiger partial charge in [0.2, 0.25) is 10.0 Å². The van der Waals surface area contributed by atoms with Gasteiger partial charge in [-0.15, -0.1) is 0 Å². The normalized spacial score (nSPS) is 16.7. The molecule has 0 atom stereocenters. The summed E-state index contributed by atoms with van der Waals surface area (Å²) in [6.07, 6.45) is 4.92. The SMILES string of the molecule is CCOc1ccc(S(=O)(=O)NCCCN2CCC(C)CC2)c2cccnc12. The van der Waals surface area contributed by atoms with Gasteiger partial charge in [-0.05, 0) is 76.0 Å². The first kappa shape index (κ1) is 20.0. The lowest BCUT2D eigenvalue weighted by molar-refractivity contribution is 0.191. The highest BCUT2D eigenvalue weighted by Crippen LogP contribution is 2.29. The van der Waals surface area contributed by atoms with E-state index in [-0.39, 0.29) is 4.90 Å². The van der Waals surface area contributed by atoms with Crippen molar-refractivity contribution < 1.29 is 13.2 Å². The van der Waals surface area contributed by atoms with E-state index in [4.69, 9.17) is 4.74 Å². The highest BCUT2D eigenvalue weighted by molar-refractivity contribution is 7.89. The lowest BCUT2D eigenvalue weighted by Gasteiger charge is -2.30. The van der Waals surface area contributed by atoms with Gasteiger partial charge in [-0.25, -0.2) is 13.1 Å². The van der Waals surface area contributed by atoms with Crippen LogP contribution >= 0.6 is 0 Å². The van der Waals surface area contributed by atoms with Crippen molar-refractivity contribution in [3.8, 4) is 5.75 Å². The van der Waals surface area contributed by atoms with Crippen LogP contribution in [0.2, 0.25) is 0 Å². The molecule has 7 heteroatoms. The molecule has 27 heavy (non-hydrogen) atoms. The average Bonchev–Trinajstić information content (AvgIpc) is 2.67. The van der Waals surface area contributed by atoms with Crippen LogP contribution in [0.15, 0.2) is 35.4 Å². The van der Waals surface area contributed by atoms with Gasteiger partial charge in [0, 0.05) is 18.1 Å². The Morgan fingerprint density at radius 2 is 2.04 bits per heavy atom. The molecular weight excluding hydrogens is 362 g/mol. The molecular formula is C20H29N3O3S. The second kappa shape index (κ2) is 8.99. The molecule has 1 saturated heterocycles. The van der Waals surface area contributed by atoms with E-state index in [1.807, 2.05) is 6.92 Å². The zero-order chi connectivity index (χ0) is 19.3. The van der Waals surface area contributed by atoms with E-state index in [1.54, 1.807) is 30.5 Å². The summed E-state index contributed by atoms with van der Waals surface area (Å²) in [7, 11) is -3.59.